The van der Waals surface area contributed by atoms with E-state index in [9.17, 15) is 0 Å². The maximum atomic E-state index is 4.66. The van der Waals surface area contributed by atoms with Crippen molar-refractivity contribution in [2.24, 2.45) is 22.1 Å². The molecule has 2 nitrogen and oxygen atoms in total. The van der Waals surface area contributed by atoms with Gasteiger partial charge >= 0.3 is 0 Å². The summed E-state index contributed by atoms with van der Waals surface area (Å²) in [6.45, 7) is 17.7. The minimum absolute atomic E-state index is 0.00861. The van der Waals surface area contributed by atoms with Crippen molar-refractivity contribution in [3.63, 3.8) is 0 Å². The van der Waals surface area contributed by atoms with E-state index in [0.717, 1.165) is 12.8 Å². The average molecular weight is 226 g/mol. The van der Waals surface area contributed by atoms with E-state index in [2.05, 4.69) is 65.6 Å². The van der Waals surface area contributed by atoms with Gasteiger partial charge in [-0.15, -0.1) is 0 Å². The van der Waals surface area contributed by atoms with E-state index in [0.29, 0.717) is 11.8 Å². The van der Waals surface area contributed by atoms with E-state index >= 15 is 0 Å². The lowest BCUT2D eigenvalue weighted by Gasteiger charge is -2.31. The lowest BCUT2D eigenvalue weighted by Crippen LogP contribution is -2.32. The molecule has 2 atom stereocenters. The van der Waals surface area contributed by atoms with E-state index in [1.165, 1.54) is 0 Å². The standard InChI is InChI=1S/C14H30N2/c1-9-13(7,11(3)4)15-16-14(8,10-2)12(5)6/h11-12H,9-10H2,1-8H3. The predicted molar refractivity (Wildman–Crippen MR) is 71.9 cm³/mol. The molecule has 0 saturated heterocycles. The zero-order chi connectivity index (χ0) is 13.0. The van der Waals surface area contributed by atoms with Crippen molar-refractivity contribution in [2.45, 2.75) is 79.3 Å². The summed E-state index contributed by atoms with van der Waals surface area (Å²) in [5.41, 5.74) is -0.0172. The highest BCUT2D eigenvalue weighted by Crippen LogP contribution is 2.31. The van der Waals surface area contributed by atoms with Crippen molar-refractivity contribution in [1.82, 2.24) is 0 Å². The molecule has 0 aliphatic heterocycles. The highest BCUT2D eigenvalue weighted by molar-refractivity contribution is 4.88. The van der Waals surface area contributed by atoms with Crippen molar-refractivity contribution in [3.05, 3.63) is 0 Å². The molecule has 0 N–H and O–H groups in total. The lowest BCUT2D eigenvalue weighted by molar-refractivity contribution is 0.263. The van der Waals surface area contributed by atoms with Crippen LogP contribution in [0.3, 0.4) is 0 Å². The maximum absolute atomic E-state index is 4.66. The van der Waals surface area contributed by atoms with Gasteiger partial charge in [-0.2, -0.15) is 10.2 Å². The van der Waals surface area contributed by atoms with Gasteiger partial charge in [0, 0.05) is 0 Å². The fourth-order valence-electron chi connectivity index (χ4n) is 1.42. The molecule has 0 heterocycles. The highest BCUT2D eigenvalue weighted by atomic mass is 15.2. The third-order valence-electron chi connectivity index (χ3n) is 4.43. The van der Waals surface area contributed by atoms with Gasteiger partial charge < -0.3 is 0 Å². The molecule has 0 radical (unpaired) electrons. The number of azo groups is 1. The van der Waals surface area contributed by atoms with Crippen LogP contribution in [-0.2, 0) is 0 Å². The quantitative estimate of drug-likeness (QED) is 0.564. The van der Waals surface area contributed by atoms with Crippen LogP contribution in [0, 0.1) is 11.8 Å². The van der Waals surface area contributed by atoms with Crippen LogP contribution < -0.4 is 0 Å². The summed E-state index contributed by atoms with van der Waals surface area (Å²) >= 11 is 0. The Bertz CT molecular complexity index is 209. The summed E-state index contributed by atoms with van der Waals surface area (Å²) in [6, 6.07) is 0. The minimum Gasteiger partial charge on any atom is -0.187 e. The molecule has 0 aromatic heterocycles. The molecule has 16 heavy (non-hydrogen) atoms. The van der Waals surface area contributed by atoms with Crippen molar-refractivity contribution < 1.29 is 0 Å². The van der Waals surface area contributed by atoms with Gasteiger partial charge in [0.05, 0.1) is 11.1 Å². The van der Waals surface area contributed by atoms with Crippen molar-refractivity contribution >= 4 is 0 Å². The molecule has 0 bridgehead atoms. The molecule has 0 aliphatic carbocycles. The molecule has 0 fully saturated rings. The Morgan fingerprint density at radius 3 is 1.12 bits per heavy atom. The normalized spacial score (nSPS) is 20.4. The van der Waals surface area contributed by atoms with Gasteiger partial charge in [-0.25, -0.2) is 0 Å². The number of rotatable bonds is 6. The van der Waals surface area contributed by atoms with Crippen LogP contribution in [0.2, 0.25) is 0 Å². The second-order valence-electron chi connectivity index (χ2n) is 5.93. The first-order chi connectivity index (χ1) is 7.22. The number of hydrogen-bond donors (Lipinski definition) is 0. The largest absolute Gasteiger partial charge is 0.187 e. The first-order valence-corrected chi connectivity index (χ1v) is 6.66. The van der Waals surface area contributed by atoms with Crippen LogP contribution in [0.5, 0.6) is 0 Å². The Kier molecular flexibility index (Phi) is 5.64. The van der Waals surface area contributed by atoms with Crippen LogP contribution in [0.4, 0.5) is 0 Å². The first kappa shape index (κ1) is 15.6. The van der Waals surface area contributed by atoms with Gasteiger partial charge in [0.15, 0.2) is 0 Å². The molecule has 0 amide bonds. The van der Waals surface area contributed by atoms with E-state index in [1.807, 2.05) is 0 Å². The van der Waals surface area contributed by atoms with Crippen LogP contribution >= 0.6 is 0 Å². The Morgan fingerprint density at radius 1 is 0.750 bits per heavy atom. The molecule has 96 valence electrons. The fraction of sp³-hybridized carbons (Fsp3) is 1.00. The number of hydrogen-bond acceptors (Lipinski definition) is 2. The molecule has 2 heteroatoms. The SMILES string of the molecule is CCC(C)(N=NC(C)(CC)C(C)C)C(C)C. The minimum atomic E-state index is -0.00861. The lowest BCUT2D eigenvalue weighted by atomic mass is 9.86. The predicted octanol–water partition coefficient (Wildman–Crippen LogP) is 5.09. The highest BCUT2D eigenvalue weighted by Gasteiger charge is 2.30. The molecular formula is C14H30N2. The first-order valence-electron chi connectivity index (χ1n) is 6.66. The third kappa shape index (κ3) is 3.57. The van der Waals surface area contributed by atoms with Gasteiger partial charge in [-0.05, 0) is 38.5 Å². The molecule has 0 saturated carbocycles. The Balaban J connectivity index is 4.92. The van der Waals surface area contributed by atoms with Crippen molar-refractivity contribution in [3.8, 4) is 0 Å². The van der Waals surface area contributed by atoms with E-state index in [1.54, 1.807) is 0 Å². The Morgan fingerprint density at radius 2 is 1.00 bits per heavy atom. The zero-order valence-electron chi connectivity index (χ0n) is 12.5. The summed E-state index contributed by atoms with van der Waals surface area (Å²) in [5.74, 6) is 1.07. The van der Waals surface area contributed by atoms with Crippen LogP contribution in [0.1, 0.15) is 68.2 Å². The fourth-order valence-corrected chi connectivity index (χ4v) is 1.42. The van der Waals surface area contributed by atoms with Gasteiger partial charge in [0.2, 0.25) is 0 Å². The molecule has 0 aliphatic rings. The monoisotopic (exact) mass is 226 g/mol. The summed E-state index contributed by atoms with van der Waals surface area (Å²) in [5, 5.41) is 9.33. The maximum Gasteiger partial charge on any atom is 0.0808 e. The van der Waals surface area contributed by atoms with Crippen LogP contribution in [-0.4, -0.2) is 11.1 Å². The van der Waals surface area contributed by atoms with Gasteiger partial charge in [0.25, 0.3) is 0 Å². The van der Waals surface area contributed by atoms with E-state index in [-0.39, 0.29) is 11.1 Å². The molecule has 0 rings (SSSR count). The van der Waals surface area contributed by atoms with Crippen molar-refractivity contribution in [2.75, 3.05) is 0 Å². The molecule has 0 spiro atoms. The van der Waals surface area contributed by atoms with Crippen LogP contribution in [0.25, 0.3) is 0 Å². The molecule has 2 unspecified atom stereocenters. The van der Waals surface area contributed by atoms with Gasteiger partial charge in [-0.3, -0.25) is 0 Å². The molecule has 0 aromatic rings. The van der Waals surface area contributed by atoms with Gasteiger partial charge in [0.1, 0.15) is 0 Å². The summed E-state index contributed by atoms with van der Waals surface area (Å²) in [7, 11) is 0. The molecule has 0 aromatic carbocycles. The van der Waals surface area contributed by atoms with E-state index in [4.69, 9.17) is 0 Å². The molecular weight excluding hydrogens is 196 g/mol. The number of nitrogens with zero attached hydrogens (tertiary/aromatic N) is 2. The van der Waals surface area contributed by atoms with Gasteiger partial charge in [-0.1, -0.05) is 41.5 Å². The topological polar surface area (TPSA) is 24.7 Å². The summed E-state index contributed by atoms with van der Waals surface area (Å²) in [6.07, 6.45) is 2.10. The third-order valence-corrected chi connectivity index (χ3v) is 4.43. The summed E-state index contributed by atoms with van der Waals surface area (Å²) in [4.78, 5) is 0. The average Bonchev–Trinajstić information content (AvgIpc) is 2.24. The Hall–Kier alpha value is -0.400. The summed E-state index contributed by atoms with van der Waals surface area (Å²) < 4.78 is 0. The van der Waals surface area contributed by atoms with Crippen molar-refractivity contribution in [1.29, 1.82) is 0 Å². The smallest absolute Gasteiger partial charge is 0.0808 e. The second kappa shape index (κ2) is 5.79. The second-order valence-corrected chi connectivity index (χ2v) is 5.93. The van der Waals surface area contributed by atoms with Crippen LogP contribution in [0.15, 0.2) is 10.2 Å². The van der Waals surface area contributed by atoms with E-state index < -0.39 is 0 Å². The zero-order valence-corrected chi connectivity index (χ0v) is 12.5. The Labute approximate surface area is 102 Å².